The summed E-state index contributed by atoms with van der Waals surface area (Å²) < 4.78 is 13.4. The highest BCUT2D eigenvalue weighted by Crippen LogP contribution is 2.40. The van der Waals surface area contributed by atoms with Crippen molar-refractivity contribution < 1.29 is 9.18 Å². The molecule has 4 heterocycles. The van der Waals surface area contributed by atoms with Crippen LogP contribution in [0, 0.1) is 17.7 Å². The number of rotatable bonds is 3. The van der Waals surface area contributed by atoms with E-state index >= 15 is 0 Å². The normalized spacial score (nSPS) is 32.3. The Hall–Kier alpha value is -1.49. The van der Waals surface area contributed by atoms with Gasteiger partial charge in [-0.2, -0.15) is 0 Å². The Bertz CT molecular complexity index is 635. The van der Waals surface area contributed by atoms with E-state index in [0.29, 0.717) is 23.4 Å². The Labute approximate surface area is 149 Å². The van der Waals surface area contributed by atoms with Crippen molar-refractivity contribution in [2.45, 2.75) is 57.5 Å². The molecule has 136 valence electrons. The van der Waals surface area contributed by atoms with Crippen molar-refractivity contribution in [1.82, 2.24) is 14.8 Å². The van der Waals surface area contributed by atoms with Crippen molar-refractivity contribution in [1.29, 1.82) is 0 Å². The van der Waals surface area contributed by atoms with Crippen LogP contribution in [0.4, 0.5) is 4.39 Å². The molecule has 3 aliphatic rings. The summed E-state index contributed by atoms with van der Waals surface area (Å²) in [6, 6.07) is 2.68. The van der Waals surface area contributed by atoms with Crippen LogP contribution in [0.15, 0.2) is 18.5 Å². The minimum atomic E-state index is -0.441. The molecule has 3 aliphatic heterocycles. The zero-order chi connectivity index (χ0) is 17.4. The van der Waals surface area contributed by atoms with Crippen molar-refractivity contribution in [3.05, 3.63) is 29.8 Å². The van der Waals surface area contributed by atoms with Crippen molar-refractivity contribution in [3.8, 4) is 0 Å². The van der Waals surface area contributed by atoms with Crippen LogP contribution in [0.5, 0.6) is 0 Å². The monoisotopic (exact) mass is 345 g/mol. The summed E-state index contributed by atoms with van der Waals surface area (Å²) in [6.45, 7) is 5.01. The molecule has 0 saturated carbocycles. The van der Waals surface area contributed by atoms with Crippen LogP contribution in [0.2, 0.25) is 0 Å². The molecule has 1 aromatic rings. The summed E-state index contributed by atoms with van der Waals surface area (Å²) >= 11 is 0. The SMILES string of the molecule is CCC[C@H]1CCC[C@H]2[C@@H]3C[C@@H](CN(C(=O)c4cncc(F)c4)C3)CN12. The smallest absolute Gasteiger partial charge is 0.255 e. The third-order valence-electron chi connectivity index (χ3n) is 6.38. The molecule has 3 fully saturated rings. The lowest BCUT2D eigenvalue weighted by atomic mass is 9.74. The molecule has 0 spiro atoms. The summed E-state index contributed by atoms with van der Waals surface area (Å²) in [7, 11) is 0. The molecule has 3 saturated heterocycles. The van der Waals surface area contributed by atoms with Gasteiger partial charge in [0.1, 0.15) is 5.82 Å². The molecule has 2 bridgehead atoms. The lowest BCUT2D eigenvalue weighted by Crippen LogP contribution is -2.62. The number of piperidine rings is 3. The van der Waals surface area contributed by atoms with Gasteiger partial charge < -0.3 is 4.90 Å². The minimum Gasteiger partial charge on any atom is -0.338 e. The highest BCUT2D eigenvalue weighted by Gasteiger charge is 2.45. The first-order chi connectivity index (χ1) is 12.2. The van der Waals surface area contributed by atoms with E-state index in [0.717, 1.165) is 31.9 Å². The van der Waals surface area contributed by atoms with E-state index in [-0.39, 0.29) is 5.91 Å². The summed E-state index contributed by atoms with van der Waals surface area (Å²) in [5, 5.41) is 0. The van der Waals surface area contributed by atoms with E-state index < -0.39 is 5.82 Å². The van der Waals surface area contributed by atoms with Crippen LogP contribution >= 0.6 is 0 Å². The van der Waals surface area contributed by atoms with E-state index in [4.69, 9.17) is 0 Å². The molecule has 25 heavy (non-hydrogen) atoms. The van der Waals surface area contributed by atoms with Gasteiger partial charge in [0.15, 0.2) is 0 Å². The van der Waals surface area contributed by atoms with Crippen molar-refractivity contribution in [3.63, 3.8) is 0 Å². The van der Waals surface area contributed by atoms with Crippen molar-refractivity contribution in [2.24, 2.45) is 11.8 Å². The molecule has 0 aliphatic carbocycles. The first kappa shape index (κ1) is 17.0. The number of carbonyl (C=O) groups excluding carboxylic acids is 1. The zero-order valence-corrected chi connectivity index (χ0v) is 15.0. The summed E-state index contributed by atoms with van der Waals surface area (Å²) in [5.41, 5.74) is 0.379. The molecular formula is C20H28FN3O. The standard InChI is InChI=1S/C20H28FN3O/c1-2-4-18-5-3-6-19-16-7-14(12-24(18)19)11-23(13-16)20(25)15-8-17(21)10-22-9-15/h8-10,14,16,18-19H,2-7,11-13H2,1H3/t14-,16+,18-,19-/m0/s1. The molecule has 0 aromatic carbocycles. The fourth-order valence-corrected chi connectivity index (χ4v) is 5.43. The fourth-order valence-electron chi connectivity index (χ4n) is 5.43. The highest BCUT2D eigenvalue weighted by atomic mass is 19.1. The number of pyridine rings is 1. The van der Waals surface area contributed by atoms with Gasteiger partial charge in [-0.15, -0.1) is 0 Å². The van der Waals surface area contributed by atoms with Crippen LogP contribution in [-0.2, 0) is 0 Å². The van der Waals surface area contributed by atoms with E-state index in [1.54, 1.807) is 0 Å². The zero-order valence-electron chi connectivity index (χ0n) is 15.0. The molecule has 5 heteroatoms. The number of fused-ring (bicyclic) bond motifs is 4. The van der Waals surface area contributed by atoms with Gasteiger partial charge in [0, 0.05) is 37.9 Å². The van der Waals surface area contributed by atoms with Gasteiger partial charge in [-0.1, -0.05) is 19.8 Å². The molecule has 0 unspecified atom stereocenters. The summed E-state index contributed by atoms with van der Waals surface area (Å²) in [4.78, 5) is 21.4. The Morgan fingerprint density at radius 1 is 1.28 bits per heavy atom. The average Bonchev–Trinajstić information content (AvgIpc) is 2.62. The third-order valence-corrected chi connectivity index (χ3v) is 6.38. The van der Waals surface area contributed by atoms with E-state index in [1.165, 1.54) is 50.8 Å². The number of aromatic nitrogens is 1. The van der Waals surface area contributed by atoms with E-state index in [9.17, 15) is 9.18 Å². The minimum absolute atomic E-state index is 0.0592. The molecule has 4 rings (SSSR count). The second kappa shape index (κ2) is 7.02. The first-order valence-electron chi connectivity index (χ1n) is 9.81. The molecular weight excluding hydrogens is 317 g/mol. The highest BCUT2D eigenvalue weighted by molar-refractivity contribution is 5.94. The van der Waals surface area contributed by atoms with Crippen LogP contribution in [0.25, 0.3) is 0 Å². The number of likely N-dealkylation sites (tertiary alicyclic amines) is 1. The molecule has 1 aromatic heterocycles. The third kappa shape index (κ3) is 3.31. The van der Waals surface area contributed by atoms with Gasteiger partial charge in [-0.3, -0.25) is 14.7 Å². The first-order valence-corrected chi connectivity index (χ1v) is 9.81. The second-order valence-corrected chi connectivity index (χ2v) is 8.10. The van der Waals surface area contributed by atoms with Gasteiger partial charge in [-0.05, 0) is 43.6 Å². The largest absolute Gasteiger partial charge is 0.338 e. The Balaban J connectivity index is 1.50. The lowest BCUT2D eigenvalue weighted by molar-refractivity contribution is -0.0519. The maximum Gasteiger partial charge on any atom is 0.255 e. The Kier molecular flexibility index (Phi) is 4.76. The second-order valence-electron chi connectivity index (χ2n) is 8.10. The Morgan fingerprint density at radius 3 is 2.96 bits per heavy atom. The number of carbonyl (C=O) groups is 1. The van der Waals surface area contributed by atoms with Crippen LogP contribution < -0.4 is 0 Å². The number of amides is 1. The van der Waals surface area contributed by atoms with Gasteiger partial charge in [0.05, 0.1) is 11.8 Å². The number of hydrogen-bond acceptors (Lipinski definition) is 3. The predicted molar refractivity (Wildman–Crippen MR) is 94.7 cm³/mol. The molecule has 4 nitrogen and oxygen atoms in total. The molecule has 1 amide bonds. The van der Waals surface area contributed by atoms with E-state index in [1.807, 2.05) is 4.90 Å². The quantitative estimate of drug-likeness (QED) is 0.843. The summed E-state index contributed by atoms with van der Waals surface area (Å²) in [6.07, 6.45) is 10.3. The fraction of sp³-hybridized carbons (Fsp3) is 0.700. The average molecular weight is 345 g/mol. The van der Waals surface area contributed by atoms with Gasteiger partial charge in [0.2, 0.25) is 0 Å². The van der Waals surface area contributed by atoms with Crippen molar-refractivity contribution in [2.75, 3.05) is 19.6 Å². The van der Waals surface area contributed by atoms with Crippen molar-refractivity contribution >= 4 is 5.91 Å². The number of hydrogen-bond donors (Lipinski definition) is 0. The van der Waals surface area contributed by atoms with Gasteiger partial charge >= 0.3 is 0 Å². The van der Waals surface area contributed by atoms with E-state index in [2.05, 4.69) is 16.8 Å². The maximum absolute atomic E-state index is 13.4. The number of nitrogens with zero attached hydrogens (tertiary/aromatic N) is 3. The van der Waals surface area contributed by atoms with Gasteiger partial charge in [-0.25, -0.2) is 4.39 Å². The van der Waals surface area contributed by atoms with Crippen LogP contribution in [0.3, 0.4) is 0 Å². The number of halogens is 1. The van der Waals surface area contributed by atoms with Gasteiger partial charge in [0.25, 0.3) is 5.91 Å². The maximum atomic E-state index is 13.4. The summed E-state index contributed by atoms with van der Waals surface area (Å²) in [5.74, 6) is 0.621. The van der Waals surface area contributed by atoms with Crippen LogP contribution in [-0.4, -0.2) is 52.4 Å². The molecule has 0 radical (unpaired) electrons. The molecule has 0 N–H and O–H groups in total. The van der Waals surface area contributed by atoms with Crippen LogP contribution in [0.1, 0.15) is 55.8 Å². The molecule has 4 atom stereocenters. The topological polar surface area (TPSA) is 36.4 Å². The predicted octanol–water partition coefficient (Wildman–Crippen LogP) is 3.34. The lowest BCUT2D eigenvalue weighted by Gasteiger charge is -2.55. The Morgan fingerprint density at radius 2 is 2.16 bits per heavy atom.